The van der Waals surface area contributed by atoms with E-state index in [4.69, 9.17) is 23.2 Å². The first-order valence-corrected chi connectivity index (χ1v) is 6.30. The van der Waals surface area contributed by atoms with Gasteiger partial charge in [-0.1, -0.05) is 30.7 Å². The van der Waals surface area contributed by atoms with Crippen LogP contribution in [-0.4, -0.2) is 10.9 Å². The van der Waals surface area contributed by atoms with Crippen molar-refractivity contribution in [1.82, 2.24) is 4.98 Å². The second kappa shape index (κ2) is 5.03. The average Bonchev–Trinajstić information content (AvgIpc) is 2.30. The van der Waals surface area contributed by atoms with Crippen LogP contribution in [-0.2, 0) is 12.8 Å². The number of benzene rings is 1. The first-order valence-electron chi connectivity index (χ1n) is 5.38. The van der Waals surface area contributed by atoms with Crippen molar-refractivity contribution < 1.29 is 0 Å². The molecule has 16 heavy (non-hydrogen) atoms. The van der Waals surface area contributed by atoms with Crippen molar-refractivity contribution in [3.05, 3.63) is 40.5 Å². The van der Waals surface area contributed by atoms with E-state index in [9.17, 15) is 0 Å². The highest BCUT2D eigenvalue weighted by molar-refractivity contribution is 6.30. The summed E-state index contributed by atoms with van der Waals surface area (Å²) >= 11 is 11.8. The zero-order valence-electron chi connectivity index (χ0n) is 9.13. The molecule has 0 N–H and O–H groups in total. The molecular formula is C13H13Cl2N. The second-order valence-corrected chi connectivity index (χ2v) is 4.49. The molecule has 1 aromatic heterocycles. The van der Waals surface area contributed by atoms with Crippen molar-refractivity contribution in [3.8, 4) is 0 Å². The van der Waals surface area contributed by atoms with Crippen molar-refractivity contribution in [3.63, 3.8) is 0 Å². The van der Waals surface area contributed by atoms with E-state index in [1.54, 1.807) is 0 Å². The maximum atomic E-state index is 6.11. The number of aryl methyl sites for hydroxylation is 2. The molecule has 0 saturated heterocycles. The Hall–Kier alpha value is -0.790. The van der Waals surface area contributed by atoms with Gasteiger partial charge < -0.3 is 0 Å². The predicted molar refractivity (Wildman–Crippen MR) is 70.6 cm³/mol. The zero-order chi connectivity index (χ0) is 11.5. The summed E-state index contributed by atoms with van der Waals surface area (Å²) in [5.41, 5.74) is 3.26. The second-order valence-electron chi connectivity index (χ2n) is 3.76. The molecule has 0 spiro atoms. The third kappa shape index (κ3) is 2.31. The highest BCUT2D eigenvalue weighted by atomic mass is 35.5. The van der Waals surface area contributed by atoms with E-state index in [0.717, 1.165) is 29.3 Å². The van der Waals surface area contributed by atoms with Gasteiger partial charge in [0.2, 0.25) is 0 Å². The molecule has 0 saturated carbocycles. The van der Waals surface area contributed by atoms with Gasteiger partial charge in [0.15, 0.2) is 0 Å². The lowest BCUT2D eigenvalue weighted by Crippen LogP contribution is -1.92. The van der Waals surface area contributed by atoms with Gasteiger partial charge in [-0.15, -0.1) is 11.6 Å². The van der Waals surface area contributed by atoms with Crippen LogP contribution in [0.4, 0.5) is 0 Å². The van der Waals surface area contributed by atoms with Crippen LogP contribution < -0.4 is 0 Å². The fraction of sp³-hybridized carbons (Fsp3) is 0.308. The Morgan fingerprint density at radius 3 is 2.75 bits per heavy atom. The Morgan fingerprint density at radius 1 is 1.25 bits per heavy atom. The normalized spacial score (nSPS) is 10.9. The van der Waals surface area contributed by atoms with Crippen molar-refractivity contribution in [2.75, 3.05) is 5.88 Å². The molecule has 0 atom stereocenters. The van der Waals surface area contributed by atoms with E-state index in [1.807, 2.05) is 0 Å². The van der Waals surface area contributed by atoms with Crippen molar-refractivity contribution in [2.24, 2.45) is 0 Å². The molecule has 0 amide bonds. The summed E-state index contributed by atoms with van der Waals surface area (Å²) in [6.45, 7) is 2.13. The maximum absolute atomic E-state index is 6.11. The Labute approximate surface area is 105 Å². The molecule has 1 aromatic carbocycles. The number of nitrogens with zero attached hydrogens (tertiary/aromatic N) is 1. The molecule has 0 aliphatic carbocycles. The van der Waals surface area contributed by atoms with Gasteiger partial charge in [-0.3, -0.25) is 0 Å². The van der Waals surface area contributed by atoms with E-state index in [2.05, 4.69) is 36.2 Å². The quantitative estimate of drug-likeness (QED) is 0.590. The summed E-state index contributed by atoms with van der Waals surface area (Å²) in [5.74, 6) is 0.569. The average molecular weight is 254 g/mol. The molecule has 0 radical (unpaired) electrons. The first kappa shape index (κ1) is 11.7. The van der Waals surface area contributed by atoms with Gasteiger partial charge in [0.1, 0.15) is 5.15 Å². The van der Waals surface area contributed by atoms with Crippen LogP contribution in [0.5, 0.6) is 0 Å². The predicted octanol–water partition coefficient (Wildman–Crippen LogP) is 4.23. The number of hydrogen-bond donors (Lipinski definition) is 0. The summed E-state index contributed by atoms with van der Waals surface area (Å²) in [5, 5.41) is 1.70. The molecule has 2 rings (SSSR count). The summed E-state index contributed by atoms with van der Waals surface area (Å²) in [6, 6.07) is 8.38. The third-order valence-electron chi connectivity index (χ3n) is 2.68. The summed E-state index contributed by atoms with van der Waals surface area (Å²) < 4.78 is 0. The van der Waals surface area contributed by atoms with Crippen LogP contribution in [0.1, 0.15) is 18.1 Å². The molecular weight excluding hydrogens is 241 g/mol. The van der Waals surface area contributed by atoms with Gasteiger partial charge in [-0.25, -0.2) is 4.98 Å². The Kier molecular flexibility index (Phi) is 3.67. The molecule has 3 heteroatoms. The van der Waals surface area contributed by atoms with E-state index in [0.29, 0.717) is 11.0 Å². The number of alkyl halides is 1. The van der Waals surface area contributed by atoms with E-state index >= 15 is 0 Å². The van der Waals surface area contributed by atoms with Crippen LogP contribution in [0, 0.1) is 0 Å². The SMILES string of the molecule is CCc1ccc2cc(CCCl)c(Cl)nc2c1. The molecule has 0 aliphatic rings. The Bertz CT molecular complexity index is 509. The van der Waals surface area contributed by atoms with Crippen LogP contribution in [0.25, 0.3) is 10.9 Å². The molecule has 1 nitrogen and oxygen atoms in total. The van der Waals surface area contributed by atoms with Gasteiger partial charge in [0.05, 0.1) is 5.52 Å². The fourth-order valence-electron chi connectivity index (χ4n) is 1.73. The molecule has 0 fully saturated rings. The van der Waals surface area contributed by atoms with Crippen LogP contribution in [0.15, 0.2) is 24.3 Å². The van der Waals surface area contributed by atoms with E-state index in [1.165, 1.54) is 5.56 Å². The monoisotopic (exact) mass is 253 g/mol. The minimum atomic E-state index is 0.569. The van der Waals surface area contributed by atoms with Crippen LogP contribution >= 0.6 is 23.2 Å². The topological polar surface area (TPSA) is 12.9 Å². The minimum absolute atomic E-state index is 0.569. The van der Waals surface area contributed by atoms with Crippen molar-refractivity contribution >= 4 is 34.1 Å². The lowest BCUT2D eigenvalue weighted by molar-refractivity contribution is 1.12. The first-order chi connectivity index (χ1) is 7.74. The summed E-state index contributed by atoms with van der Waals surface area (Å²) in [6.07, 6.45) is 1.78. The molecule has 0 bridgehead atoms. The lowest BCUT2D eigenvalue weighted by atomic mass is 10.1. The largest absolute Gasteiger partial charge is 0.236 e. The number of rotatable bonds is 3. The number of aromatic nitrogens is 1. The molecule has 0 aliphatic heterocycles. The van der Waals surface area contributed by atoms with Crippen LogP contribution in [0.2, 0.25) is 5.15 Å². The maximum Gasteiger partial charge on any atom is 0.133 e. The smallest absolute Gasteiger partial charge is 0.133 e. The van der Waals surface area contributed by atoms with Crippen molar-refractivity contribution in [2.45, 2.75) is 19.8 Å². The number of halogens is 2. The summed E-state index contributed by atoms with van der Waals surface area (Å²) in [4.78, 5) is 4.41. The zero-order valence-corrected chi connectivity index (χ0v) is 10.6. The van der Waals surface area contributed by atoms with Gasteiger partial charge >= 0.3 is 0 Å². The Balaban J connectivity index is 2.55. The lowest BCUT2D eigenvalue weighted by Gasteiger charge is -2.05. The van der Waals surface area contributed by atoms with Crippen LogP contribution in [0.3, 0.4) is 0 Å². The van der Waals surface area contributed by atoms with E-state index < -0.39 is 0 Å². The van der Waals surface area contributed by atoms with Gasteiger partial charge in [0, 0.05) is 11.3 Å². The highest BCUT2D eigenvalue weighted by Gasteiger charge is 2.04. The van der Waals surface area contributed by atoms with E-state index in [-0.39, 0.29) is 0 Å². The molecule has 1 heterocycles. The van der Waals surface area contributed by atoms with Gasteiger partial charge in [-0.05, 0) is 36.1 Å². The van der Waals surface area contributed by atoms with Gasteiger partial charge in [0.25, 0.3) is 0 Å². The summed E-state index contributed by atoms with van der Waals surface area (Å²) in [7, 11) is 0. The molecule has 2 aromatic rings. The van der Waals surface area contributed by atoms with Crippen molar-refractivity contribution in [1.29, 1.82) is 0 Å². The van der Waals surface area contributed by atoms with Gasteiger partial charge in [-0.2, -0.15) is 0 Å². The standard InChI is InChI=1S/C13H13Cl2N/c1-2-9-3-4-10-8-11(5-6-14)13(15)16-12(10)7-9/h3-4,7-8H,2,5-6H2,1H3. The Morgan fingerprint density at radius 2 is 2.06 bits per heavy atom. The third-order valence-corrected chi connectivity index (χ3v) is 3.20. The highest BCUT2D eigenvalue weighted by Crippen LogP contribution is 2.22. The number of pyridine rings is 1. The fourth-order valence-corrected chi connectivity index (χ4v) is 2.17. The molecule has 84 valence electrons. The molecule has 0 unspecified atom stereocenters. The minimum Gasteiger partial charge on any atom is -0.236 e. The number of hydrogen-bond acceptors (Lipinski definition) is 1. The number of fused-ring (bicyclic) bond motifs is 1.